The third kappa shape index (κ3) is 8.38. The molecule has 7 nitrogen and oxygen atoms in total. The Bertz CT molecular complexity index is 1220. The zero-order valence-electron chi connectivity index (χ0n) is 19.3. The number of ether oxygens (including phenoxy) is 2. The number of amides is 1. The largest absolute Gasteiger partial charge is 0.490 e. The van der Waals surface area contributed by atoms with Crippen molar-refractivity contribution in [2.45, 2.75) is 32.5 Å². The van der Waals surface area contributed by atoms with Crippen molar-refractivity contribution >= 4 is 63.0 Å². The average molecular weight is 598 g/mol. The Morgan fingerprint density at radius 2 is 1.83 bits per heavy atom. The summed E-state index contributed by atoms with van der Waals surface area (Å²) >= 11 is 17.0. The molecule has 0 spiro atoms. The van der Waals surface area contributed by atoms with E-state index >= 15 is 0 Å². The highest BCUT2D eigenvalue weighted by molar-refractivity contribution is 9.10. The van der Waals surface area contributed by atoms with Gasteiger partial charge >= 0.3 is 0 Å². The highest BCUT2D eigenvalue weighted by Gasteiger charge is 2.12. The van der Waals surface area contributed by atoms with Crippen LogP contribution in [0.15, 0.2) is 51.1 Å². The van der Waals surface area contributed by atoms with E-state index < -0.39 is 0 Å². The van der Waals surface area contributed by atoms with Gasteiger partial charge in [-0.15, -0.1) is 0 Å². The normalized spacial score (nSPS) is 11.0. The van der Waals surface area contributed by atoms with Gasteiger partial charge in [-0.25, -0.2) is 15.4 Å². The van der Waals surface area contributed by atoms with Gasteiger partial charge < -0.3 is 9.47 Å². The molecule has 2 aromatic carbocycles. The van der Waals surface area contributed by atoms with Crippen LogP contribution in [0, 0.1) is 13.8 Å². The number of aryl methyl sites for hydroxylation is 2. The molecule has 0 fully saturated rings. The Balaban J connectivity index is 1.63. The second kappa shape index (κ2) is 13.1. The van der Waals surface area contributed by atoms with Gasteiger partial charge in [-0.3, -0.25) is 4.79 Å². The van der Waals surface area contributed by atoms with Crippen LogP contribution < -0.4 is 14.9 Å². The van der Waals surface area contributed by atoms with Crippen molar-refractivity contribution in [3.05, 3.63) is 73.4 Å². The molecule has 0 aliphatic rings. The molecule has 184 valence electrons. The number of benzene rings is 2. The lowest BCUT2D eigenvalue weighted by Gasteiger charge is -2.14. The number of nitrogens with one attached hydrogen (secondary N) is 1. The van der Waals surface area contributed by atoms with E-state index in [9.17, 15) is 4.79 Å². The van der Waals surface area contributed by atoms with E-state index in [1.54, 1.807) is 24.3 Å². The monoisotopic (exact) mass is 596 g/mol. The third-order valence-electron chi connectivity index (χ3n) is 4.45. The van der Waals surface area contributed by atoms with E-state index in [2.05, 4.69) is 36.4 Å². The molecule has 0 aliphatic heterocycles. The molecule has 3 aromatic rings. The molecule has 0 unspecified atom stereocenters. The third-order valence-corrected chi connectivity index (χ3v) is 6.57. The predicted molar refractivity (Wildman–Crippen MR) is 144 cm³/mol. The lowest BCUT2D eigenvalue weighted by atomic mass is 10.2. The summed E-state index contributed by atoms with van der Waals surface area (Å²) in [6, 6.07) is 10.7. The number of rotatable bonds is 10. The average Bonchev–Trinajstić information content (AvgIpc) is 2.79. The summed E-state index contributed by atoms with van der Waals surface area (Å²) < 4.78 is 12.4. The highest BCUT2D eigenvalue weighted by Crippen LogP contribution is 2.34. The van der Waals surface area contributed by atoms with Crippen LogP contribution in [0.5, 0.6) is 11.5 Å². The van der Waals surface area contributed by atoms with E-state index in [1.807, 2.05) is 32.9 Å². The Kier molecular flexibility index (Phi) is 10.2. The fourth-order valence-corrected chi connectivity index (χ4v) is 4.55. The number of carbonyl (C=O) groups excluding carboxylic acids is 1. The molecule has 0 aliphatic carbocycles. The minimum atomic E-state index is -0.269. The zero-order valence-corrected chi connectivity index (χ0v) is 23.2. The van der Waals surface area contributed by atoms with Crippen LogP contribution in [0.2, 0.25) is 10.0 Å². The summed E-state index contributed by atoms with van der Waals surface area (Å²) in [6.07, 6.45) is 1.53. The molecule has 1 amide bonds. The van der Waals surface area contributed by atoms with Gasteiger partial charge in [-0.05, 0) is 67.0 Å². The van der Waals surface area contributed by atoms with Gasteiger partial charge in [-0.1, -0.05) is 41.0 Å². The fraction of sp³-hybridized carbons (Fsp3) is 0.250. The molecule has 0 radical (unpaired) electrons. The first kappa shape index (κ1) is 27.3. The molecule has 0 saturated heterocycles. The lowest BCUT2D eigenvalue weighted by molar-refractivity contribution is -0.118. The van der Waals surface area contributed by atoms with Crippen molar-refractivity contribution in [2.24, 2.45) is 5.10 Å². The topological polar surface area (TPSA) is 85.7 Å². The van der Waals surface area contributed by atoms with E-state index in [0.29, 0.717) is 43.3 Å². The maximum atomic E-state index is 12.2. The van der Waals surface area contributed by atoms with Gasteiger partial charge in [0.15, 0.2) is 16.7 Å². The van der Waals surface area contributed by atoms with Gasteiger partial charge in [0.1, 0.15) is 6.61 Å². The summed E-state index contributed by atoms with van der Waals surface area (Å²) in [5.41, 5.74) is 5.74. The molecular weight excluding hydrogens is 575 g/mol. The van der Waals surface area contributed by atoms with E-state index in [1.165, 1.54) is 18.0 Å². The molecule has 1 heterocycles. The molecule has 0 bridgehead atoms. The Hall–Kier alpha value is -2.33. The lowest BCUT2D eigenvalue weighted by Crippen LogP contribution is -2.20. The number of hydrogen-bond donors (Lipinski definition) is 1. The molecule has 0 atom stereocenters. The summed E-state index contributed by atoms with van der Waals surface area (Å²) in [7, 11) is 0. The molecule has 3 rings (SSSR count). The summed E-state index contributed by atoms with van der Waals surface area (Å²) in [6.45, 7) is 6.35. The van der Waals surface area contributed by atoms with Crippen LogP contribution in [-0.4, -0.2) is 34.4 Å². The van der Waals surface area contributed by atoms with Gasteiger partial charge in [0.05, 0.1) is 18.6 Å². The Morgan fingerprint density at radius 3 is 2.51 bits per heavy atom. The minimum Gasteiger partial charge on any atom is -0.490 e. The second-order valence-electron chi connectivity index (χ2n) is 7.29. The maximum absolute atomic E-state index is 12.2. The predicted octanol–water partition coefficient (Wildman–Crippen LogP) is 6.38. The van der Waals surface area contributed by atoms with E-state index in [0.717, 1.165) is 17.0 Å². The molecule has 11 heteroatoms. The second-order valence-corrected chi connectivity index (χ2v) is 9.93. The van der Waals surface area contributed by atoms with Crippen molar-refractivity contribution in [1.29, 1.82) is 0 Å². The molecule has 0 saturated carbocycles. The zero-order chi connectivity index (χ0) is 25.4. The van der Waals surface area contributed by atoms with Crippen LogP contribution >= 0.6 is 50.9 Å². The first-order valence-electron chi connectivity index (χ1n) is 10.5. The number of hydrazone groups is 1. The Labute approximate surface area is 226 Å². The van der Waals surface area contributed by atoms with Crippen LogP contribution in [0.1, 0.15) is 29.4 Å². The van der Waals surface area contributed by atoms with E-state index in [-0.39, 0.29) is 18.3 Å². The van der Waals surface area contributed by atoms with Crippen LogP contribution in [-0.2, 0) is 11.4 Å². The summed E-state index contributed by atoms with van der Waals surface area (Å²) in [5.74, 6) is 0.952. The standard InChI is InChI=1S/C24H23BrCl2N4O3S/c1-4-33-21-8-17(11-28-31-23(32)13-35-24-29-14(2)7-15(3)30-24)19(25)10-22(21)34-12-16-5-6-18(26)9-20(16)27/h5-11H,4,12-13H2,1-3H3,(H,31,32)/b28-11-. The first-order valence-corrected chi connectivity index (χ1v) is 13.1. The Morgan fingerprint density at radius 1 is 1.11 bits per heavy atom. The molecule has 1 aromatic heterocycles. The quantitative estimate of drug-likeness (QED) is 0.126. The SMILES string of the molecule is CCOc1cc(/C=N\NC(=O)CSc2nc(C)cc(C)n2)c(Br)cc1OCc1ccc(Cl)cc1Cl. The fourth-order valence-electron chi connectivity index (χ4n) is 2.92. The minimum absolute atomic E-state index is 0.144. The van der Waals surface area contributed by atoms with Crippen molar-refractivity contribution < 1.29 is 14.3 Å². The highest BCUT2D eigenvalue weighted by atomic mass is 79.9. The van der Waals surface area contributed by atoms with Crippen molar-refractivity contribution in [1.82, 2.24) is 15.4 Å². The summed E-state index contributed by atoms with van der Waals surface area (Å²) in [4.78, 5) is 20.8. The van der Waals surface area contributed by atoms with Crippen LogP contribution in [0.3, 0.4) is 0 Å². The van der Waals surface area contributed by atoms with Crippen molar-refractivity contribution in [3.8, 4) is 11.5 Å². The van der Waals surface area contributed by atoms with Crippen molar-refractivity contribution in [3.63, 3.8) is 0 Å². The number of nitrogens with zero attached hydrogens (tertiary/aromatic N) is 3. The van der Waals surface area contributed by atoms with Gasteiger partial charge in [0.25, 0.3) is 5.91 Å². The number of thioether (sulfide) groups is 1. The van der Waals surface area contributed by atoms with Crippen LogP contribution in [0.4, 0.5) is 0 Å². The van der Waals surface area contributed by atoms with Gasteiger partial charge in [-0.2, -0.15) is 5.10 Å². The van der Waals surface area contributed by atoms with Gasteiger partial charge in [0, 0.05) is 37.0 Å². The molecule has 1 N–H and O–H groups in total. The first-order chi connectivity index (χ1) is 16.7. The van der Waals surface area contributed by atoms with Crippen molar-refractivity contribution in [2.75, 3.05) is 12.4 Å². The smallest absolute Gasteiger partial charge is 0.250 e. The van der Waals surface area contributed by atoms with Crippen LogP contribution in [0.25, 0.3) is 0 Å². The molecular formula is C24H23BrCl2N4O3S. The number of aromatic nitrogens is 2. The number of hydrogen-bond acceptors (Lipinski definition) is 7. The van der Waals surface area contributed by atoms with Gasteiger partial charge in [0.2, 0.25) is 0 Å². The number of carbonyl (C=O) groups is 1. The van der Waals surface area contributed by atoms with E-state index in [4.69, 9.17) is 32.7 Å². The summed E-state index contributed by atoms with van der Waals surface area (Å²) in [5, 5.41) is 5.70. The molecule has 35 heavy (non-hydrogen) atoms. The maximum Gasteiger partial charge on any atom is 0.250 e. The number of halogens is 3.